The maximum atomic E-state index is 12.3. The minimum atomic E-state index is 0.00921. The first-order valence-electron chi connectivity index (χ1n) is 6.78. The molecule has 2 aromatic rings. The van der Waals surface area contributed by atoms with Crippen LogP contribution in [0.4, 0.5) is 0 Å². The van der Waals surface area contributed by atoms with Gasteiger partial charge in [0.15, 0.2) is 0 Å². The average Bonchev–Trinajstić information content (AvgIpc) is 3.13. The first kappa shape index (κ1) is 11.0. The van der Waals surface area contributed by atoms with E-state index in [1.807, 2.05) is 22.7 Å². The van der Waals surface area contributed by atoms with E-state index < -0.39 is 0 Å². The number of hydrogen-bond acceptors (Lipinski definition) is 3. The Kier molecular flexibility index (Phi) is 2.35. The number of amides is 1. The maximum absolute atomic E-state index is 12.3. The van der Waals surface area contributed by atoms with Crippen molar-refractivity contribution in [1.82, 2.24) is 20.0 Å². The third-order valence-electron chi connectivity index (χ3n) is 4.29. The van der Waals surface area contributed by atoms with Crippen molar-refractivity contribution in [1.29, 1.82) is 0 Å². The molecule has 19 heavy (non-hydrogen) atoms. The number of nitrogens with one attached hydrogen (secondary N) is 2. The van der Waals surface area contributed by atoms with Crippen LogP contribution in [0.5, 0.6) is 0 Å². The lowest BCUT2D eigenvalue weighted by Crippen LogP contribution is -2.42. The lowest BCUT2D eigenvalue weighted by atomic mass is 9.95. The molecule has 4 heterocycles. The fraction of sp³-hybridized carbons (Fsp3) is 0.429. The molecule has 2 aromatic heterocycles. The first-order valence-corrected chi connectivity index (χ1v) is 6.78. The van der Waals surface area contributed by atoms with Crippen LogP contribution in [-0.2, 0) is 0 Å². The van der Waals surface area contributed by atoms with Gasteiger partial charge < -0.3 is 15.0 Å². The number of hydrogen-bond donors (Lipinski definition) is 2. The standard InChI is InChI=1S/C14H16N4O/c19-14(17-13-5-10-2-4-12(13)16-10)9-1-3-11-6-15-8-18(11)7-9/h1,3,6-8,10,12-13,16H,2,4-5H2,(H,17,19). The summed E-state index contributed by atoms with van der Waals surface area (Å²) in [5, 5.41) is 6.68. The van der Waals surface area contributed by atoms with Crippen LogP contribution in [0.25, 0.3) is 5.52 Å². The van der Waals surface area contributed by atoms with Crippen LogP contribution in [0, 0.1) is 0 Å². The molecule has 2 bridgehead atoms. The Morgan fingerprint density at radius 1 is 1.42 bits per heavy atom. The van der Waals surface area contributed by atoms with Crippen molar-refractivity contribution in [2.45, 2.75) is 37.4 Å². The molecule has 3 unspecified atom stereocenters. The number of rotatable bonds is 2. The van der Waals surface area contributed by atoms with Crippen LogP contribution in [0.2, 0.25) is 0 Å². The largest absolute Gasteiger partial charge is 0.348 e. The number of carbonyl (C=O) groups excluding carboxylic acids is 1. The van der Waals surface area contributed by atoms with Crippen molar-refractivity contribution in [3.05, 3.63) is 36.4 Å². The second-order valence-electron chi connectivity index (χ2n) is 5.51. The van der Waals surface area contributed by atoms with Gasteiger partial charge >= 0.3 is 0 Å². The Hall–Kier alpha value is -1.88. The molecular weight excluding hydrogens is 240 g/mol. The van der Waals surface area contributed by atoms with Gasteiger partial charge in [-0.1, -0.05) is 0 Å². The summed E-state index contributed by atoms with van der Waals surface area (Å²) in [4.78, 5) is 16.3. The van der Waals surface area contributed by atoms with Gasteiger partial charge in [0.2, 0.25) is 0 Å². The summed E-state index contributed by atoms with van der Waals surface area (Å²) in [5.41, 5.74) is 1.69. The summed E-state index contributed by atoms with van der Waals surface area (Å²) in [7, 11) is 0. The van der Waals surface area contributed by atoms with Crippen LogP contribution < -0.4 is 10.6 Å². The minimum absolute atomic E-state index is 0.00921. The summed E-state index contributed by atoms with van der Waals surface area (Å²) >= 11 is 0. The Labute approximate surface area is 111 Å². The summed E-state index contributed by atoms with van der Waals surface area (Å²) in [6, 6.07) is 5.12. The van der Waals surface area contributed by atoms with Crippen molar-refractivity contribution >= 4 is 11.4 Å². The van der Waals surface area contributed by atoms with Crippen molar-refractivity contribution in [3.8, 4) is 0 Å². The van der Waals surface area contributed by atoms with Crippen LogP contribution in [0.15, 0.2) is 30.9 Å². The van der Waals surface area contributed by atoms with E-state index in [-0.39, 0.29) is 11.9 Å². The number of carbonyl (C=O) groups is 1. The van der Waals surface area contributed by atoms with Crippen molar-refractivity contribution in [2.24, 2.45) is 0 Å². The summed E-state index contributed by atoms with van der Waals surface area (Å²) in [6.07, 6.45) is 8.81. The Balaban J connectivity index is 1.53. The summed E-state index contributed by atoms with van der Waals surface area (Å²) in [6.45, 7) is 0. The highest BCUT2D eigenvalue weighted by atomic mass is 16.1. The van der Waals surface area contributed by atoms with Gasteiger partial charge in [-0.25, -0.2) is 4.98 Å². The van der Waals surface area contributed by atoms with E-state index >= 15 is 0 Å². The van der Waals surface area contributed by atoms with Gasteiger partial charge in [-0.05, 0) is 31.4 Å². The highest BCUT2D eigenvalue weighted by molar-refractivity contribution is 5.94. The highest BCUT2D eigenvalue weighted by Gasteiger charge is 2.39. The molecule has 0 saturated carbocycles. The van der Waals surface area contributed by atoms with E-state index in [1.165, 1.54) is 12.8 Å². The molecule has 3 atom stereocenters. The molecule has 2 aliphatic rings. The molecule has 5 heteroatoms. The Morgan fingerprint density at radius 3 is 3.16 bits per heavy atom. The minimum Gasteiger partial charge on any atom is -0.348 e. The molecule has 0 aromatic carbocycles. The van der Waals surface area contributed by atoms with Crippen LogP contribution in [0.1, 0.15) is 29.6 Å². The van der Waals surface area contributed by atoms with E-state index in [4.69, 9.17) is 0 Å². The normalized spacial score (nSPS) is 28.9. The predicted molar refractivity (Wildman–Crippen MR) is 71.0 cm³/mol. The van der Waals surface area contributed by atoms with Gasteiger partial charge in [0, 0.05) is 24.3 Å². The fourth-order valence-corrected chi connectivity index (χ4v) is 3.29. The van der Waals surface area contributed by atoms with Gasteiger partial charge in [0.25, 0.3) is 5.91 Å². The van der Waals surface area contributed by atoms with Gasteiger partial charge in [-0.2, -0.15) is 0 Å². The van der Waals surface area contributed by atoms with Crippen LogP contribution >= 0.6 is 0 Å². The van der Waals surface area contributed by atoms with E-state index in [2.05, 4.69) is 15.6 Å². The van der Waals surface area contributed by atoms with Crippen molar-refractivity contribution in [3.63, 3.8) is 0 Å². The molecule has 2 saturated heterocycles. The Bertz CT molecular complexity index is 635. The topological polar surface area (TPSA) is 58.4 Å². The van der Waals surface area contributed by atoms with Crippen LogP contribution in [-0.4, -0.2) is 33.4 Å². The molecular formula is C14H16N4O. The zero-order chi connectivity index (χ0) is 12.8. The zero-order valence-electron chi connectivity index (χ0n) is 10.5. The first-order chi connectivity index (χ1) is 9.29. The maximum Gasteiger partial charge on any atom is 0.253 e. The van der Waals surface area contributed by atoms with Crippen LogP contribution in [0.3, 0.4) is 0 Å². The molecule has 5 nitrogen and oxygen atoms in total. The molecule has 1 amide bonds. The average molecular weight is 256 g/mol. The molecule has 2 fully saturated rings. The molecule has 0 aliphatic carbocycles. The lowest BCUT2D eigenvalue weighted by molar-refractivity contribution is 0.0930. The number of imidazole rings is 1. The van der Waals surface area contributed by atoms with E-state index in [1.54, 1.807) is 12.5 Å². The van der Waals surface area contributed by atoms with Gasteiger partial charge in [0.1, 0.15) is 0 Å². The van der Waals surface area contributed by atoms with E-state index in [0.29, 0.717) is 17.6 Å². The highest BCUT2D eigenvalue weighted by Crippen LogP contribution is 2.28. The smallest absolute Gasteiger partial charge is 0.253 e. The Morgan fingerprint density at radius 2 is 2.37 bits per heavy atom. The fourth-order valence-electron chi connectivity index (χ4n) is 3.29. The number of nitrogens with zero attached hydrogens (tertiary/aromatic N) is 2. The van der Waals surface area contributed by atoms with E-state index in [9.17, 15) is 4.79 Å². The second-order valence-corrected chi connectivity index (χ2v) is 5.51. The van der Waals surface area contributed by atoms with Gasteiger partial charge in [-0.3, -0.25) is 4.79 Å². The zero-order valence-corrected chi connectivity index (χ0v) is 10.5. The van der Waals surface area contributed by atoms with Crippen molar-refractivity contribution < 1.29 is 4.79 Å². The predicted octanol–water partition coefficient (Wildman–Crippen LogP) is 0.957. The van der Waals surface area contributed by atoms with Gasteiger partial charge in [-0.15, -0.1) is 0 Å². The molecule has 98 valence electrons. The summed E-state index contributed by atoms with van der Waals surface area (Å²) < 4.78 is 1.87. The molecule has 4 rings (SSSR count). The summed E-state index contributed by atoms with van der Waals surface area (Å²) in [5.74, 6) is 0.00921. The van der Waals surface area contributed by atoms with Gasteiger partial charge in [0.05, 0.1) is 23.6 Å². The third kappa shape index (κ3) is 1.81. The lowest BCUT2D eigenvalue weighted by Gasteiger charge is -2.21. The number of fused-ring (bicyclic) bond motifs is 3. The number of pyridine rings is 1. The number of aromatic nitrogens is 2. The molecule has 0 radical (unpaired) electrons. The van der Waals surface area contributed by atoms with Crippen molar-refractivity contribution in [2.75, 3.05) is 0 Å². The monoisotopic (exact) mass is 256 g/mol. The second kappa shape index (κ2) is 4.06. The quantitative estimate of drug-likeness (QED) is 0.841. The molecule has 2 N–H and O–H groups in total. The molecule has 0 spiro atoms. The van der Waals surface area contributed by atoms with E-state index in [0.717, 1.165) is 11.9 Å². The third-order valence-corrected chi connectivity index (χ3v) is 4.29. The molecule has 2 aliphatic heterocycles. The SMILES string of the molecule is O=C(NC1CC2CCC1N2)c1ccc2cncn2c1.